The van der Waals surface area contributed by atoms with Gasteiger partial charge in [-0.3, -0.25) is 0 Å². The molecule has 0 N–H and O–H groups in total. The lowest BCUT2D eigenvalue weighted by Gasteiger charge is -2.22. The van der Waals surface area contributed by atoms with E-state index in [1.165, 1.54) is 0 Å². The molecule has 0 aliphatic rings. The number of thioether (sulfide) groups is 1. The Labute approximate surface area is 128 Å². The zero-order chi connectivity index (χ0) is 15.2. The lowest BCUT2D eigenvalue weighted by Crippen LogP contribution is -2.24. The van der Waals surface area contributed by atoms with E-state index in [0.717, 1.165) is 28.9 Å². The van der Waals surface area contributed by atoms with Crippen LogP contribution in [0.25, 0.3) is 10.9 Å². The quantitative estimate of drug-likeness (QED) is 0.765. The summed E-state index contributed by atoms with van der Waals surface area (Å²) in [6, 6.07) is 7.69. The van der Waals surface area contributed by atoms with Crippen molar-refractivity contribution in [1.82, 2.24) is 10.2 Å². The summed E-state index contributed by atoms with van der Waals surface area (Å²) in [6.07, 6.45) is 2.06. The molecule has 1 heterocycles. The van der Waals surface area contributed by atoms with Gasteiger partial charge in [0.1, 0.15) is 0 Å². The number of anilines is 1. The van der Waals surface area contributed by atoms with E-state index in [2.05, 4.69) is 16.5 Å². The van der Waals surface area contributed by atoms with Crippen LogP contribution in [0, 0.1) is 0 Å². The summed E-state index contributed by atoms with van der Waals surface area (Å²) in [5, 5.41) is 9.12. The molecular weight excluding hydrogens is 286 g/mol. The minimum atomic E-state index is -0.429. The first kappa shape index (κ1) is 15.6. The van der Waals surface area contributed by atoms with Crippen molar-refractivity contribution in [2.75, 3.05) is 37.1 Å². The third-order valence-electron chi connectivity index (χ3n) is 3.12. The zero-order valence-electron chi connectivity index (χ0n) is 12.5. The van der Waals surface area contributed by atoms with E-state index in [4.69, 9.17) is 4.74 Å². The summed E-state index contributed by atoms with van der Waals surface area (Å²) in [5.74, 6) is 0.539. The van der Waals surface area contributed by atoms with Crippen LogP contribution in [0.1, 0.15) is 17.4 Å². The SMILES string of the molecule is CCOC(=O)c1nnc2ccccc2c1N(C)CCSC. The average molecular weight is 305 g/mol. The standard InChI is InChI=1S/C15H19N3O2S/c1-4-20-15(19)13-14(18(2)9-10-21-3)11-7-5-6-8-12(11)16-17-13/h5-8H,4,9-10H2,1-3H3. The summed E-state index contributed by atoms with van der Waals surface area (Å²) in [4.78, 5) is 14.2. The highest BCUT2D eigenvalue weighted by Gasteiger charge is 2.21. The van der Waals surface area contributed by atoms with Crippen molar-refractivity contribution < 1.29 is 9.53 Å². The summed E-state index contributed by atoms with van der Waals surface area (Å²) in [5.41, 5.74) is 1.84. The topological polar surface area (TPSA) is 55.3 Å². The first-order valence-corrected chi connectivity index (χ1v) is 8.21. The van der Waals surface area contributed by atoms with Gasteiger partial charge in [0.15, 0.2) is 5.69 Å². The maximum Gasteiger partial charge on any atom is 0.361 e. The molecule has 2 rings (SSSR count). The molecule has 2 aromatic rings. The fourth-order valence-electron chi connectivity index (χ4n) is 2.10. The van der Waals surface area contributed by atoms with E-state index in [1.807, 2.05) is 36.2 Å². The van der Waals surface area contributed by atoms with Crippen LogP contribution in [0.15, 0.2) is 24.3 Å². The second kappa shape index (κ2) is 7.26. The molecule has 0 aliphatic carbocycles. The average Bonchev–Trinajstić information content (AvgIpc) is 2.51. The molecule has 0 atom stereocenters. The van der Waals surface area contributed by atoms with Gasteiger partial charge in [-0.05, 0) is 19.2 Å². The second-order valence-electron chi connectivity index (χ2n) is 4.55. The summed E-state index contributed by atoms with van der Waals surface area (Å²) in [7, 11) is 1.96. The van der Waals surface area contributed by atoms with Crippen molar-refractivity contribution in [1.29, 1.82) is 0 Å². The molecule has 0 saturated carbocycles. The molecule has 0 spiro atoms. The predicted octanol–water partition coefficient (Wildman–Crippen LogP) is 2.61. The third kappa shape index (κ3) is 3.44. The first-order chi connectivity index (χ1) is 10.2. The van der Waals surface area contributed by atoms with E-state index >= 15 is 0 Å². The molecular formula is C15H19N3O2S. The van der Waals surface area contributed by atoms with Gasteiger partial charge < -0.3 is 9.64 Å². The Kier molecular flexibility index (Phi) is 5.38. The van der Waals surface area contributed by atoms with Crippen molar-refractivity contribution in [3.05, 3.63) is 30.0 Å². The number of benzene rings is 1. The van der Waals surface area contributed by atoms with Gasteiger partial charge in [-0.15, -0.1) is 10.2 Å². The number of hydrogen-bond donors (Lipinski definition) is 0. The Morgan fingerprint density at radius 1 is 1.33 bits per heavy atom. The molecule has 0 radical (unpaired) electrons. The van der Waals surface area contributed by atoms with Crippen LogP contribution in [0.2, 0.25) is 0 Å². The zero-order valence-corrected chi connectivity index (χ0v) is 13.3. The van der Waals surface area contributed by atoms with Crippen molar-refractivity contribution in [2.24, 2.45) is 0 Å². The van der Waals surface area contributed by atoms with Crippen LogP contribution < -0.4 is 4.90 Å². The largest absolute Gasteiger partial charge is 0.461 e. The highest BCUT2D eigenvalue weighted by Crippen LogP contribution is 2.28. The number of fused-ring (bicyclic) bond motifs is 1. The number of rotatable bonds is 6. The number of nitrogens with zero attached hydrogens (tertiary/aromatic N) is 3. The summed E-state index contributed by atoms with van der Waals surface area (Å²) < 4.78 is 5.10. The highest BCUT2D eigenvalue weighted by molar-refractivity contribution is 7.98. The van der Waals surface area contributed by atoms with Gasteiger partial charge in [-0.1, -0.05) is 18.2 Å². The van der Waals surface area contributed by atoms with Gasteiger partial charge in [0, 0.05) is 24.7 Å². The smallest absolute Gasteiger partial charge is 0.361 e. The lowest BCUT2D eigenvalue weighted by molar-refractivity contribution is 0.0519. The fourth-order valence-corrected chi connectivity index (χ4v) is 2.56. The fraction of sp³-hybridized carbons (Fsp3) is 0.400. The molecule has 21 heavy (non-hydrogen) atoms. The first-order valence-electron chi connectivity index (χ1n) is 6.81. The van der Waals surface area contributed by atoms with Gasteiger partial charge in [0.25, 0.3) is 0 Å². The number of hydrogen-bond acceptors (Lipinski definition) is 6. The molecule has 0 fully saturated rings. The number of ether oxygens (including phenoxy) is 1. The molecule has 0 amide bonds. The minimum absolute atomic E-state index is 0.277. The monoisotopic (exact) mass is 305 g/mol. The van der Waals surface area contributed by atoms with Gasteiger partial charge in [-0.2, -0.15) is 11.8 Å². The maximum atomic E-state index is 12.1. The predicted molar refractivity (Wildman–Crippen MR) is 87.1 cm³/mol. The van der Waals surface area contributed by atoms with Crippen molar-refractivity contribution in [2.45, 2.75) is 6.92 Å². The Hall–Kier alpha value is -1.82. The van der Waals surface area contributed by atoms with E-state index in [0.29, 0.717) is 6.61 Å². The van der Waals surface area contributed by atoms with Crippen molar-refractivity contribution in [3.63, 3.8) is 0 Å². The van der Waals surface area contributed by atoms with Crippen LogP contribution in [-0.2, 0) is 4.74 Å². The van der Waals surface area contributed by atoms with Gasteiger partial charge >= 0.3 is 5.97 Å². The molecule has 5 nitrogen and oxygen atoms in total. The van der Waals surface area contributed by atoms with Gasteiger partial charge in [0.05, 0.1) is 17.8 Å². The van der Waals surface area contributed by atoms with Gasteiger partial charge in [0.2, 0.25) is 0 Å². The van der Waals surface area contributed by atoms with Gasteiger partial charge in [-0.25, -0.2) is 4.79 Å². The van der Waals surface area contributed by atoms with Crippen LogP contribution in [-0.4, -0.2) is 48.4 Å². The number of carbonyl (C=O) groups excluding carboxylic acids is 1. The van der Waals surface area contributed by atoms with E-state index < -0.39 is 5.97 Å². The Balaban J connectivity index is 2.54. The van der Waals surface area contributed by atoms with Crippen molar-refractivity contribution in [3.8, 4) is 0 Å². The van der Waals surface area contributed by atoms with E-state index in [9.17, 15) is 4.79 Å². The lowest BCUT2D eigenvalue weighted by atomic mass is 10.1. The summed E-state index contributed by atoms with van der Waals surface area (Å²) in [6.45, 7) is 2.92. The number of carbonyl (C=O) groups is 1. The Morgan fingerprint density at radius 3 is 2.81 bits per heavy atom. The normalized spacial score (nSPS) is 10.6. The molecule has 0 unspecified atom stereocenters. The van der Waals surface area contributed by atoms with E-state index in [-0.39, 0.29) is 5.69 Å². The summed E-state index contributed by atoms with van der Waals surface area (Å²) >= 11 is 1.76. The molecule has 0 saturated heterocycles. The molecule has 1 aromatic heterocycles. The maximum absolute atomic E-state index is 12.1. The van der Waals surface area contributed by atoms with Crippen LogP contribution in [0.3, 0.4) is 0 Å². The number of esters is 1. The van der Waals surface area contributed by atoms with Crippen LogP contribution in [0.4, 0.5) is 5.69 Å². The third-order valence-corrected chi connectivity index (χ3v) is 3.71. The molecule has 1 aromatic carbocycles. The minimum Gasteiger partial charge on any atom is -0.461 e. The molecule has 0 aliphatic heterocycles. The Bertz CT molecular complexity index is 633. The van der Waals surface area contributed by atoms with Crippen LogP contribution in [0.5, 0.6) is 0 Å². The Morgan fingerprint density at radius 2 is 2.10 bits per heavy atom. The molecule has 112 valence electrons. The molecule has 6 heteroatoms. The second-order valence-corrected chi connectivity index (χ2v) is 5.53. The number of aromatic nitrogens is 2. The molecule has 0 bridgehead atoms. The highest BCUT2D eigenvalue weighted by atomic mass is 32.2. The van der Waals surface area contributed by atoms with Crippen LogP contribution >= 0.6 is 11.8 Å². The van der Waals surface area contributed by atoms with E-state index in [1.54, 1.807) is 18.7 Å². The van der Waals surface area contributed by atoms with Crippen molar-refractivity contribution >= 4 is 34.3 Å².